The first-order chi connectivity index (χ1) is 7.61. The minimum atomic E-state index is 0.243. The highest BCUT2D eigenvalue weighted by molar-refractivity contribution is 6.32. The molecule has 0 radical (unpaired) electrons. The second-order valence-corrected chi connectivity index (χ2v) is 5.01. The average molecular weight is 240 g/mol. The van der Waals surface area contributed by atoms with E-state index >= 15 is 0 Å². The summed E-state index contributed by atoms with van der Waals surface area (Å²) in [6.07, 6.45) is 2.19. The minimum absolute atomic E-state index is 0.243. The summed E-state index contributed by atoms with van der Waals surface area (Å²) in [6, 6.07) is 4.23. The first-order valence-corrected chi connectivity index (χ1v) is 6.18. The maximum Gasteiger partial charge on any atom is 0.141 e. The molecule has 1 aromatic carbocycles. The Balaban J connectivity index is 2.31. The van der Waals surface area contributed by atoms with Gasteiger partial charge in [-0.2, -0.15) is 0 Å². The van der Waals surface area contributed by atoms with Crippen molar-refractivity contribution in [1.29, 1.82) is 0 Å². The molecule has 3 heteroatoms. The van der Waals surface area contributed by atoms with Gasteiger partial charge in [-0.1, -0.05) is 24.6 Å². The molecule has 0 amide bonds. The SMILES string of the molecule is CC1Cc2cc(C(C)CCN)cc(Cl)c2O1. The van der Waals surface area contributed by atoms with Crippen LogP contribution in [0.25, 0.3) is 0 Å². The van der Waals surface area contributed by atoms with E-state index in [0.717, 1.165) is 23.6 Å². The number of hydrogen-bond acceptors (Lipinski definition) is 2. The summed E-state index contributed by atoms with van der Waals surface area (Å²) in [5.74, 6) is 1.33. The highest BCUT2D eigenvalue weighted by atomic mass is 35.5. The van der Waals surface area contributed by atoms with Crippen molar-refractivity contribution in [2.75, 3.05) is 6.54 Å². The Labute approximate surface area is 102 Å². The number of nitrogens with two attached hydrogens (primary N) is 1. The second kappa shape index (κ2) is 4.64. The molecule has 0 aliphatic carbocycles. The lowest BCUT2D eigenvalue weighted by Gasteiger charge is -2.13. The van der Waals surface area contributed by atoms with Crippen molar-refractivity contribution in [3.05, 3.63) is 28.3 Å². The van der Waals surface area contributed by atoms with Gasteiger partial charge in [0.2, 0.25) is 0 Å². The van der Waals surface area contributed by atoms with Gasteiger partial charge >= 0.3 is 0 Å². The molecule has 1 aliphatic heterocycles. The monoisotopic (exact) mass is 239 g/mol. The molecule has 2 N–H and O–H groups in total. The van der Waals surface area contributed by atoms with Crippen molar-refractivity contribution in [2.24, 2.45) is 5.73 Å². The largest absolute Gasteiger partial charge is 0.489 e. The molecular weight excluding hydrogens is 222 g/mol. The van der Waals surface area contributed by atoms with Gasteiger partial charge in [0.1, 0.15) is 11.9 Å². The Hall–Kier alpha value is -0.730. The van der Waals surface area contributed by atoms with Gasteiger partial charge in [0.25, 0.3) is 0 Å². The minimum Gasteiger partial charge on any atom is -0.489 e. The van der Waals surface area contributed by atoms with Crippen molar-refractivity contribution in [1.82, 2.24) is 0 Å². The molecule has 1 aromatic rings. The zero-order valence-electron chi connectivity index (χ0n) is 9.79. The van der Waals surface area contributed by atoms with Crippen LogP contribution in [0.5, 0.6) is 5.75 Å². The van der Waals surface area contributed by atoms with Gasteiger partial charge in [-0.3, -0.25) is 0 Å². The molecular formula is C13H18ClNO. The van der Waals surface area contributed by atoms with Crippen molar-refractivity contribution in [3.63, 3.8) is 0 Å². The summed E-state index contributed by atoms with van der Waals surface area (Å²) in [5.41, 5.74) is 8.09. The number of rotatable bonds is 3. The maximum absolute atomic E-state index is 6.23. The third-order valence-electron chi connectivity index (χ3n) is 3.14. The van der Waals surface area contributed by atoms with E-state index in [9.17, 15) is 0 Å². The van der Waals surface area contributed by atoms with Crippen LogP contribution in [0, 0.1) is 0 Å². The number of hydrogen-bond donors (Lipinski definition) is 1. The summed E-state index contributed by atoms with van der Waals surface area (Å²) in [7, 11) is 0. The summed E-state index contributed by atoms with van der Waals surface area (Å²) in [4.78, 5) is 0. The zero-order valence-corrected chi connectivity index (χ0v) is 10.6. The first-order valence-electron chi connectivity index (χ1n) is 5.81. The predicted octanol–water partition coefficient (Wildman–Crippen LogP) is 3.12. The van der Waals surface area contributed by atoms with E-state index in [1.807, 2.05) is 6.07 Å². The fraction of sp³-hybridized carbons (Fsp3) is 0.538. The molecule has 2 unspecified atom stereocenters. The lowest BCUT2D eigenvalue weighted by molar-refractivity contribution is 0.255. The van der Waals surface area contributed by atoms with Gasteiger partial charge < -0.3 is 10.5 Å². The maximum atomic E-state index is 6.23. The van der Waals surface area contributed by atoms with E-state index in [1.165, 1.54) is 11.1 Å². The van der Waals surface area contributed by atoms with Crippen molar-refractivity contribution >= 4 is 11.6 Å². The third kappa shape index (κ3) is 2.18. The zero-order chi connectivity index (χ0) is 11.7. The number of halogens is 1. The fourth-order valence-electron chi connectivity index (χ4n) is 2.21. The first kappa shape index (κ1) is 11.7. The molecule has 16 heavy (non-hydrogen) atoms. The lowest BCUT2D eigenvalue weighted by Crippen LogP contribution is -2.05. The van der Waals surface area contributed by atoms with E-state index in [-0.39, 0.29) is 6.10 Å². The van der Waals surface area contributed by atoms with Gasteiger partial charge in [-0.05, 0) is 43.0 Å². The Bertz CT molecular complexity index is 392. The molecule has 2 atom stereocenters. The van der Waals surface area contributed by atoms with Crippen LogP contribution < -0.4 is 10.5 Å². The van der Waals surface area contributed by atoms with Crippen LogP contribution in [0.3, 0.4) is 0 Å². The number of ether oxygens (including phenoxy) is 1. The molecule has 0 fully saturated rings. The van der Waals surface area contributed by atoms with Gasteiger partial charge in [0, 0.05) is 6.42 Å². The fourth-order valence-corrected chi connectivity index (χ4v) is 2.50. The number of benzene rings is 1. The summed E-state index contributed by atoms with van der Waals surface area (Å²) >= 11 is 6.23. The number of fused-ring (bicyclic) bond motifs is 1. The molecule has 0 aromatic heterocycles. The molecule has 2 nitrogen and oxygen atoms in total. The highest BCUT2D eigenvalue weighted by Gasteiger charge is 2.23. The van der Waals surface area contributed by atoms with Crippen LogP contribution >= 0.6 is 11.6 Å². The smallest absolute Gasteiger partial charge is 0.141 e. The quantitative estimate of drug-likeness (QED) is 0.880. The Morgan fingerprint density at radius 2 is 2.31 bits per heavy atom. The van der Waals surface area contributed by atoms with Crippen molar-refractivity contribution in [2.45, 2.75) is 38.7 Å². The highest BCUT2D eigenvalue weighted by Crippen LogP contribution is 2.38. The third-order valence-corrected chi connectivity index (χ3v) is 3.42. The normalized spacial score (nSPS) is 20.4. The summed E-state index contributed by atoms with van der Waals surface area (Å²) in [6.45, 7) is 4.96. The Kier molecular flexibility index (Phi) is 3.41. The standard InChI is InChI=1S/C13H18ClNO/c1-8(3-4-15)10-6-11-5-9(2)16-13(11)12(14)7-10/h6-9H,3-5,15H2,1-2H3. The van der Waals surface area contributed by atoms with Crippen molar-refractivity contribution in [3.8, 4) is 5.75 Å². The Morgan fingerprint density at radius 1 is 1.56 bits per heavy atom. The van der Waals surface area contributed by atoms with E-state index in [2.05, 4.69) is 19.9 Å². The molecule has 0 saturated carbocycles. The molecule has 0 bridgehead atoms. The van der Waals surface area contributed by atoms with E-state index in [1.54, 1.807) is 0 Å². The molecule has 0 spiro atoms. The molecule has 1 aliphatic rings. The average Bonchev–Trinajstić information content (AvgIpc) is 2.59. The van der Waals surface area contributed by atoms with Gasteiger partial charge in [-0.15, -0.1) is 0 Å². The Morgan fingerprint density at radius 3 is 3.00 bits per heavy atom. The van der Waals surface area contributed by atoms with Crippen LogP contribution in [-0.2, 0) is 6.42 Å². The molecule has 2 rings (SSSR count). The molecule has 1 heterocycles. The topological polar surface area (TPSA) is 35.2 Å². The summed E-state index contributed by atoms with van der Waals surface area (Å²) < 4.78 is 5.68. The van der Waals surface area contributed by atoms with E-state index in [0.29, 0.717) is 12.5 Å². The van der Waals surface area contributed by atoms with E-state index < -0.39 is 0 Å². The second-order valence-electron chi connectivity index (χ2n) is 4.60. The molecule has 0 saturated heterocycles. The summed E-state index contributed by atoms with van der Waals surface area (Å²) in [5, 5.41) is 0.737. The van der Waals surface area contributed by atoms with E-state index in [4.69, 9.17) is 22.1 Å². The van der Waals surface area contributed by atoms with Crippen LogP contribution in [-0.4, -0.2) is 12.6 Å². The van der Waals surface area contributed by atoms with Crippen LogP contribution in [0.15, 0.2) is 12.1 Å². The van der Waals surface area contributed by atoms with Gasteiger partial charge in [0.05, 0.1) is 5.02 Å². The van der Waals surface area contributed by atoms with Crippen LogP contribution in [0.1, 0.15) is 37.3 Å². The lowest BCUT2D eigenvalue weighted by atomic mass is 9.95. The van der Waals surface area contributed by atoms with Gasteiger partial charge in [-0.25, -0.2) is 0 Å². The van der Waals surface area contributed by atoms with Crippen LogP contribution in [0.2, 0.25) is 5.02 Å². The van der Waals surface area contributed by atoms with Crippen LogP contribution in [0.4, 0.5) is 0 Å². The van der Waals surface area contributed by atoms with Crippen molar-refractivity contribution < 1.29 is 4.74 Å². The molecule has 88 valence electrons. The van der Waals surface area contributed by atoms with Gasteiger partial charge in [0.15, 0.2) is 0 Å². The predicted molar refractivity (Wildman–Crippen MR) is 67.3 cm³/mol.